The fourth-order valence-electron chi connectivity index (χ4n) is 3.34. The molecule has 1 aliphatic carbocycles. The van der Waals surface area contributed by atoms with Crippen LogP contribution in [0.2, 0.25) is 0 Å². The third-order valence-corrected chi connectivity index (χ3v) is 5.01. The maximum absolute atomic E-state index is 12.2. The minimum Gasteiger partial charge on any atom is -0.481 e. The lowest BCUT2D eigenvalue weighted by Gasteiger charge is -2.09. The van der Waals surface area contributed by atoms with Gasteiger partial charge in [-0.1, -0.05) is 0 Å². The molecule has 0 unspecified atom stereocenters. The Morgan fingerprint density at radius 2 is 2.19 bits per heavy atom. The fraction of sp³-hybridized carbons (Fsp3) is 0.400. The number of ether oxygens (including phenoxy) is 1. The van der Waals surface area contributed by atoms with Crippen molar-refractivity contribution < 1.29 is 9.53 Å². The molecule has 0 aliphatic heterocycles. The average Bonchev–Trinajstić information content (AvgIpc) is 3.42. The Morgan fingerprint density at radius 3 is 2.96 bits per heavy atom. The number of fused-ring (bicyclic) bond motifs is 1. The average molecular weight is 365 g/mol. The van der Waals surface area contributed by atoms with E-state index in [2.05, 4.69) is 24.8 Å². The molecule has 1 fully saturated rings. The molecule has 140 valence electrons. The highest BCUT2D eigenvalue weighted by Gasteiger charge is 2.25. The van der Waals surface area contributed by atoms with Crippen LogP contribution in [0.1, 0.15) is 30.5 Å². The second-order valence-corrected chi connectivity index (χ2v) is 7.01. The maximum Gasteiger partial charge on any atom is 0.224 e. The molecule has 1 N–H and O–H groups in total. The molecule has 4 rings (SSSR count). The van der Waals surface area contributed by atoms with Crippen molar-refractivity contribution in [3.63, 3.8) is 0 Å². The molecule has 3 aromatic rings. The predicted octanol–water partition coefficient (Wildman–Crippen LogP) is 3.12. The molecule has 3 aromatic heterocycles. The highest BCUT2D eigenvalue weighted by Crippen LogP contribution is 2.33. The van der Waals surface area contributed by atoms with E-state index in [1.807, 2.05) is 25.3 Å². The van der Waals surface area contributed by atoms with Crippen LogP contribution in [0.15, 0.2) is 30.9 Å². The van der Waals surface area contributed by atoms with Crippen molar-refractivity contribution in [1.82, 2.24) is 19.5 Å². The Hall–Kier alpha value is -2.96. The number of aromatic nitrogens is 4. The van der Waals surface area contributed by atoms with Crippen LogP contribution in [0.5, 0.6) is 5.88 Å². The summed E-state index contributed by atoms with van der Waals surface area (Å²) in [6.45, 7) is 2.69. The first kappa shape index (κ1) is 17.5. The summed E-state index contributed by atoms with van der Waals surface area (Å²) in [5.74, 6) is 1.23. The summed E-state index contributed by atoms with van der Waals surface area (Å²) < 4.78 is 7.39. The Balaban J connectivity index is 1.55. The maximum atomic E-state index is 12.2. The first-order valence-electron chi connectivity index (χ1n) is 9.24. The number of carbonyl (C=O) groups is 1. The van der Waals surface area contributed by atoms with E-state index in [4.69, 9.17) is 4.74 Å². The van der Waals surface area contributed by atoms with E-state index in [1.165, 1.54) is 6.33 Å². The lowest BCUT2D eigenvalue weighted by Crippen LogP contribution is -2.11. The molecule has 1 amide bonds. The van der Waals surface area contributed by atoms with Crippen molar-refractivity contribution in [3.8, 4) is 5.88 Å². The number of hydrogen-bond acceptors (Lipinski definition) is 5. The minimum absolute atomic E-state index is 0.0681. The number of anilines is 1. The third kappa shape index (κ3) is 3.77. The van der Waals surface area contributed by atoms with Gasteiger partial charge in [0.15, 0.2) is 0 Å². The number of methoxy groups -OCH3 is 1. The standard InChI is InChI=1S/C20H23N5O2/c1-13-15(22-12-23-20(13)27-2)7-9-25-11-16(19-17(25)4-3-8-21-19)24-18(26)10-14-5-6-14/h3-4,8,11-12,14H,5-7,9-10H2,1-2H3,(H,24,26). The van der Waals surface area contributed by atoms with Crippen molar-refractivity contribution in [2.24, 2.45) is 5.92 Å². The van der Waals surface area contributed by atoms with Gasteiger partial charge in [-0.15, -0.1) is 0 Å². The summed E-state index contributed by atoms with van der Waals surface area (Å²) in [5, 5.41) is 3.04. The van der Waals surface area contributed by atoms with E-state index in [0.717, 1.165) is 53.8 Å². The SMILES string of the molecule is COc1ncnc(CCn2cc(NC(=O)CC3CC3)c3ncccc32)c1C. The molecule has 0 radical (unpaired) electrons. The number of carbonyl (C=O) groups excluding carboxylic acids is 1. The second-order valence-electron chi connectivity index (χ2n) is 7.01. The molecule has 0 bridgehead atoms. The lowest BCUT2D eigenvalue weighted by atomic mass is 10.2. The van der Waals surface area contributed by atoms with Gasteiger partial charge >= 0.3 is 0 Å². The molecule has 1 saturated carbocycles. The number of hydrogen-bond donors (Lipinski definition) is 1. The zero-order chi connectivity index (χ0) is 18.8. The molecule has 0 atom stereocenters. The van der Waals surface area contributed by atoms with Crippen LogP contribution >= 0.6 is 0 Å². The van der Waals surface area contributed by atoms with Crippen molar-refractivity contribution in [2.45, 2.75) is 39.2 Å². The van der Waals surface area contributed by atoms with Gasteiger partial charge in [0.1, 0.15) is 11.8 Å². The zero-order valence-electron chi connectivity index (χ0n) is 15.6. The molecule has 3 heterocycles. The highest BCUT2D eigenvalue weighted by molar-refractivity contribution is 6.00. The van der Waals surface area contributed by atoms with Gasteiger partial charge in [0.25, 0.3) is 0 Å². The van der Waals surface area contributed by atoms with Gasteiger partial charge in [0.05, 0.1) is 24.0 Å². The number of aryl methyl sites for hydroxylation is 2. The summed E-state index contributed by atoms with van der Waals surface area (Å²) in [6, 6.07) is 3.93. The monoisotopic (exact) mass is 365 g/mol. The molecule has 0 saturated heterocycles. The predicted molar refractivity (Wildman–Crippen MR) is 103 cm³/mol. The Kier molecular flexibility index (Phi) is 4.75. The van der Waals surface area contributed by atoms with Crippen LogP contribution in [0.4, 0.5) is 5.69 Å². The summed E-state index contributed by atoms with van der Waals surface area (Å²) in [5.41, 5.74) is 4.49. The van der Waals surface area contributed by atoms with E-state index in [-0.39, 0.29) is 5.91 Å². The third-order valence-electron chi connectivity index (χ3n) is 5.01. The Labute approximate surface area is 157 Å². The van der Waals surface area contributed by atoms with Crippen molar-refractivity contribution in [1.29, 1.82) is 0 Å². The van der Waals surface area contributed by atoms with Gasteiger partial charge in [0.2, 0.25) is 11.8 Å². The summed E-state index contributed by atoms with van der Waals surface area (Å²) in [7, 11) is 1.61. The van der Waals surface area contributed by atoms with Crippen molar-refractivity contribution >= 4 is 22.6 Å². The van der Waals surface area contributed by atoms with Gasteiger partial charge in [-0.2, -0.15) is 0 Å². The van der Waals surface area contributed by atoms with E-state index in [9.17, 15) is 4.79 Å². The number of nitrogens with zero attached hydrogens (tertiary/aromatic N) is 4. The quantitative estimate of drug-likeness (QED) is 0.696. The van der Waals surface area contributed by atoms with Gasteiger partial charge in [-0.05, 0) is 37.8 Å². The van der Waals surface area contributed by atoms with Gasteiger partial charge in [-0.25, -0.2) is 9.97 Å². The largest absolute Gasteiger partial charge is 0.481 e. The van der Waals surface area contributed by atoms with E-state index in [0.29, 0.717) is 18.2 Å². The molecule has 1 aliphatic rings. The molecule has 0 spiro atoms. The zero-order valence-corrected chi connectivity index (χ0v) is 15.6. The molecule has 7 heteroatoms. The van der Waals surface area contributed by atoms with E-state index >= 15 is 0 Å². The van der Waals surface area contributed by atoms with Crippen LogP contribution in [-0.2, 0) is 17.8 Å². The number of rotatable bonds is 7. The highest BCUT2D eigenvalue weighted by atomic mass is 16.5. The summed E-state index contributed by atoms with van der Waals surface area (Å²) >= 11 is 0. The number of nitrogens with one attached hydrogen (secondary N) is 1. The van der Waals surface area contributed by atoms with E-state index in [1.54, 1.807) is 13.3 Å². The van der Waals surface area contributed by atoms with Gasteiger partial charge in [0, 0.05) is 37.3 Å². The lowest BCUT2D eigenvalue weighted by molar-refractivity contribution is -0.116. The molecule has 27 heavy (non-hydrogen) atoms. The Morgan fingerprint density at radius 1 is 1.33 bits per heavy atom. The summed E-state index contributed by atoms with van der Waals surface area (Å²) in [4.78, 5) is 25.2. The summed E-state index contributed by atoms with van der Waals surface area (Å²) in [6.07, 6.45) is 8.90. The van der Waals surface area contributed by atoms with Crippen LogP contribution in [0, 0.1) is 12.8 Å². The molecular weight excluding hydrogens is 342 g/mol. The first-order valence-corrected chi connectivity index (χ1v) is 9.24. The normalized spacial score (nSPS) is 13.7. The minimum atomic E-state index is 0.0681. The topological polar surface area (TPSA) is 81.9 Å². The van der Waals surface area contributed by atoms with Crippen LogP contribution in [-0.4, -0.2) is 32.5 Å². The van der Waals surface area contributed by atoms with Crippen LogP contribution in [0.25, 0.3) is 11.0 Å². The molecule has 0 aromatic carbocycles. The first-order chi connectivity index (χ1) is 13.2. The van der Waals surface area contributed by atoms with Gasteiger partial charge in [-0.3, -0.25) is 9.78 Å². The molecule has 7 nitrogen and oxygen atoms in total. The van der Waals surface area contributed by atoms with Crippen LogP contribution in [0.3, 0.4) is 0 Å². The molecular formula is C20H23N5O2. The number of amides is 1. The van der Waals surface area contributed by atoms with Crippen LogP contribution < -0.4 is 10.1 Å². The van der Waals surface area contributed by atoms with E-state index < -0.39 is 0 Å². The number of pyridine rings is 1. The van der Waals surface area contributed by atoms with Crippen molar-refractivity contribution in [3.05, 3.63) is 42.1 Å². The Bertz CT molecular complexity index is 978. The van der Waals surface area contributed by atoms with Crippen molar-refractivity contribution in [2.75, 3.05) is 12.4 Å². The van der Waals surface area contributed by atoms with Gasteiger partial charge < -0.3 is 14.6 Å². The fourth-order valence-corrected chi connectivity index (χ4v) is 3.34. The smallest absolute Gasteiger partial charge is 0.224 e. The second kappa shape index (κ2) is 7.34.